The molecule has 0 aliphatic carbocycles. The maximum absolute atomic E-state index is 14.5. The van der Waals surface area contributed by atoms with Gasteiger partial charge in [0.2, 0.25) is 5.78 Å². The molecule has 2 aromatic carbocycles. The number of carbonyl (C=O) groups excluding carboxylic acids is 3. The van der Waals surface area contributed by atoms with Crippen LogP contribution in [-0.4, -0.2) is 82.3 Å². The van der Waals surface area contributed by atoms with Crippen LogP contribution in [0.3, 0.4) is 0 Å². The fraction of sp³-hybridized carbons (Fsp3) is 0.462. The van der Waals surface area contributed by atoms with Crippen molar-refractivity contribution in [1.29, 1.82) is 0 Å². The molecule has 0 saturated carbocycles. The van der Waals surface area contributed by atoms with Gasteiger partial charge in [0.15, 0.2) is 12.0 Å². The van der Waals surface area contributed by atoms with Gasteiger partial charge in [0.1, 0.15) is 35.7 Å². The van der Waals surface area contributed by atoms with Gasteiger partial charge in [-0.25, -0.2) is 14.9 Å². The van der Waals surface area contributed by atoms with E-state index in [9.17, 15) is 14.4 Å². The van der Waals surface area contributed by atoms with Gasteiger partial charge in [-0.2, -0.15) is 0 Å². The summed E-state index contributed by atoms with van der Waals surface area (Å²) in [5.74, 6) is -0.366. The highest BCUT2D eigenvalue weighted by Crippen LogP contribution is 2.48. The van der Waals surface area contributed by atoms with Crippen molar-refractivity contribution in [3.8, 4) is 11.5 Å². The molecule has 4 aromatic rings. The second kappa shape index (κ2) is 15.5. The standard InChI is InChI=1S/C39H50N4O9Si2/c1-23(2)53(24(3)4)49-21-32-34(51-54(52-53,25(5)6)26(7)8)33(44)39(50-32)42-20-19-31-35(42)40-22-41-36(31)43(37(45)27-11-15-29(47-9)16-12-27)38(46)28-13-17-30(48-10)18-14-28/h11-20,22-26,32,34,39H,21H2,1-10H3/t32-,34-,39-/m1/s1. The molecule has 288 valence electrons. The Hall–Kier alpha value is -4.26. The summed E-state index contributed by atoms with van der Waals surface area (Å²) in [5, 5.41) is 0.363. The number of nitrogens with zero attached hydrogens (tertiary/aromatic N) is 4. The summed E-state index contributed by atoms with van der Waals surface area (Å²) in [5.41, 5.74) is 1.07. The van der Waals surface area contributed by atoms with Crippen molar-refractivity contribution in [3.05, 3.63) is 78.2 Å². The lowest BCUT2D eigenvalue weighted by Crippen LogP contribution is -2.65. The van der Waals surface area contributed by atoms with Crippen LogP contribution in [0.4, 0.5) is 5.82 Å². The molecule has 54 heavy (non-hydrogen) atoms. The van der Waals surface area contributed by atoms with Crippen molar-refractivity contribution < 1.29 is 41.6 Å². The van der Waals surface area contributed by atoms with Crippen LogP contribution in [-0.2, 0) is 22.5 Å². The third-order valence-electron chi connectivity index (χ3n) is 10.5. The molecule has 0 bridgehead atoms. The lowest BCUT2D eigenvalue weighted by atomic mass is 10.1. The normalized spacial score (nSPS) is 21.0. The van der Waals surface area contributed by atoms with Gasteiger partial charge in [-0.05, 0) is 76.8 Å². The molecule has 4 heterocycles. The van der Waals surface area contributed by atoms with Crippen LogP contribution in [0, 0.1) is 0 Å². The van der Waals surface area contributed by atoms with Crippen LogP contribution < -0.4 is 14.4 Å². The monoisotopic (exact) mass is 774 g/mol. The number of imide groups is 1. The summed E-state index contributed by atoms with van der Waals surface area (Å²) in [4.78, 5) is 53.0. The molecule has 2 saturated heterocycles. The second-order valence-electron chi connectivity index (χ2n) is 15.0. The molecule has 2 aliphatic rings. The van der Waals surface area contributed by atoms with E-state index in [0.29, 0.717) is 22.5 Å². The van der Waals surface area contributed by atoms with Crippen molar-refractivity contribution >= 4 is 51.6 Å². The summed E-state index contributed by atoms with van der Waals surface area (Å²) in [6.07, 6.45) is 0.183. The van der Waals surface area contributed by atoms with Crippen LogP contribution >= 0.6 is 0 Å². The zero-order valence-corrected chi connectivity index (χ0v) is 34.6. The smallest absolute Gasteiger partial charge is 0.335 e. The van der Waals surface area contributed by atoms with Crippen LogP contribution in [0.25, 0.3) is 11.0 Å². The Morgan fingerprint density at radius 3 is 1.78 bits per heavy atom. The lowest BCUT2D eigenvalue weighted by Gasteiger charge is -2.50. The van der Waals surface area contributed by atoms with E-state index < -0.39 is 47.4 Å². The molecule has 0 unspecified atom stereocenters. The van der Waals surface area contributed by atoms with Crippen LogP contribution in [0.1, 0.15) is 82.3 Å². The quantitative estimate of drug-likeness (QED) is 0.118. The zero-order valence-electron chi connectivity index (χ0n) is 32.6. The molecule has 6 rings (SSSR count). The Morgan fingerprint density at radius 1 is 0.778 bits per heavy atom. The van der Waals surface area contributed by atoms with E-state index in [1.165, 1.54) is 20.5 Å². The Labute approximate surface area is 318 Å². The molecule has 0 N–H and O–H groups in total. The Bertz CT molecular complexity index is 1920. The van der Waals surface area contributed by atoms with Crippen molar-refractivity contribution in [2.75, 3.05) is 25.7 Å². The van der Waals surface area contributed by atoms with E-state index in [0.717, 1.165) is 4.90 Å². The predicted octanol–water partition coefficient (Wildman–Crippen LogP) is 7.36. The Balaban J connectivity index is 1.42. The fourth-order valence-electron chi connectivity index (χ4n) is 7.55. The molecule has 13 nitrogen and oxygen atoms in total. The van der Waals surface area contributed by atoms with Gasteiger partial charge in [0.05, 0.1) is 26.2 Å². The molecule has 2 aliphatic heterocycles. The predicted molar refractivity (Wildman–Crippen MR) is 207 cm³/mol. The minimum Gasteiger partial charge on any atom is -0.497 e. The van der Waals surface area contributed by atoms with Gasteiger partial charge < -0.3 is 27.2 Å². The van der Waals surface area contributed by atoms with Gasteiger partial charge in [-0.15, -0.1) is 0 Å². The number of rotatable bonds is 10. The van der Waals surface area contributed by atoms with Gasteiger partial charge in [0.25, 0.3) is 11.8 Å². The second-order valence-corrected chi connectivity index (χ2v) is 23.8. The minimum absolute atomic E-state index is 0.0243. The van der Waals surface area contributed by atoms with E-state index in [2.05, 4.69) is 65.4 Å². The fourth-order valence-corrected chi connectivity index (χ4v) is 18.7. The first-order valence-corrected chi connectivity index (χ1v) is 22.3. The number of methoxy groups -OCH3 is 2. The average Bonchev–Trinajstić information content (AvgIpc) is 3.71. The highest BCUT2D eigenvalue weighted by molar-refractivity contribution is 6.84. The first kappa shape index (κ1) is 39.4. The summed E-state index contributed by atoms with van der Waals surface area (Å²) < 4.78 is 39.9. The van der Waals surface area contributed by atoms with Crippen LogP contribution in [0.2, 0.25) is 22.2 Å². The van der Waals surface area contributed by atoms with Gasteiger partial charge in [-0.3, -0.25) is 19.0 Å². The van der Waals surface area contributed by atoms with E-state index in [4.69, 9.17) is 27.2 Å². The maximum atomic E-state index is 14.5. The third-order valence-corrected chi connectivity index (χ3v) is 20.8. The van der Waals surface area contributed by atoms with Crippen molar-refractivity contribution in [3.63, 3.8) is 0 Å². The van der Waals surface area contributed by atoms with Gasteiger partial charge >= 0.3 is 17.1 Å². The SMILES string of the molecule is COc1ccc(C(=O)N(C(=O)c2ccc(OC)cc2)c2ncnc3c2ccn3[C@@H]2O[C@@H]3CO[Si](C(C)C)(C(C)C)O[Si](C(C)C)(C(C)C)O[C@H]3C2=O)cc1. The highest BCUT2D eigenvalue weighted by Gasteiger charge is 2.62. The molecular formula is C39H50N4O9Si2. The number of anilines is 1. The number of amides is 2. The summed E-state index contributed by atoms with van der Waals surface area (Å²) in [6, 6.07) is 14.6. The number of ketones is 1. The summed E-state index contributed by atoms with van der Waals surface area (Å²) in [6.45, 7) is 17.1. The molecule has 15 heteroatoms. The van der Waals surface area contributed by atoms with E-state index in [-0.39, 0.29) is 51.5 Å². The topological polar surface area (TPSA) is 141 Å². The zero-order chi connectivity index (χ0) is 39.1. The van der Waals surface area contributed by atoms with Crippen molar-refractivity contribution in [2.24, 2.45) is 0 Å². The van der Waals surface area contributed by atoms with Gasteiger partial charge in [-0.1, -0.05) is 55.4 Å². The molecule has 2 amide bonds. The molecule has 0 spiro atoms. The lowest BCUT2D eigenvalue weighted by molar-refractivity contribution is -0.130. The largest absolute Gasteiger partial charge is 0.497 e. The number of fused-ring (bicyclic) bond motifs is 2. The minimum atomic E-state index is -3.10. The van der Waals surface area contributed by atoms with E-state index in [1.807, 2.05) is 0 Å². The summed E-state index contributed by atoms with van der Waals surface area (Å²) >= 11 is 0. The van der Waals surface area contributed by atoms with Crippen LogP contribution in [0.5, 0.6) is 11.5 Å². The maximum Gasteiger partial charge on any atom is 0.335 e. The number of hydrogen-bond acceptors (Lipinski definition) is 11. The number of aromatic nitrogens is 3. The van der Waals surface area contributed by atoms with Gasteiger partial charge in [0, 0.05) is 17.3 Å². The number of ether oxygens (including phenoxy) is 3. The molecule has 2 aromatic heterocycles. The Morgan fingerprint density at radius 2 is 1.30 bits per heavy atom. The first-order chi connectivity index (χ1) is 25.7. The number of hydrogen-bond donors (Lipinski definition) is 0. The molecular weight excluding hydrogens is 725 g/mol. The number of Topliss-reactive ketones (excluding diaryl/α,β-unsaturated/α-hetero) is 1. The molecule has 2 fully saturated rings. The average molecular weight is 775 g/mol. The Kier molecular flexibility index (Phi) is 11.3. The third kappa shape index (κ3) is 6.81. The first-order valence-electron chi connectivity index (χ1n) is 18.4. The number of benzene rings is 2. The van der Waals surface area contributed by atoms with Crippen LogP contribution in [0.15, 0.2) is 67.1 Å². The van der Waals surface area contributed by atoms with E-state index in [1.54, 1.807) is 65.4 Å². The van der Waals surface area contributed by atoms with Crippen molar-refractivity contribution in [2.45, 2.75) is 96.0 Å². The molecule has 0 radical (unpaired) electrons. The molecule has 3 atom stereocenters. The summed E-state index contributed by atoms with van der Waals surface area (Å²) in [7, 11) is -2.91. The number of carbonyl (C=O) groups is 3. The van der Waals surface area contributed by atoms with E-state index >= 15 is 0 Å². The highest BCUT2D eigenvalue weighted by atomic mass is 28.5. The van der Waals surface area contributed by atoms with Crippen molar-refractivity contribution in [1.82, 2.24) is 14.5 Å².